The molecule has 2 saturated heterocycles. The average molecular weight is 312 g/mol. The van der Waals surface area contributed by atoms with Gasteiger partial charge in [0, 0.05) is 45.3 Å². The van der Waals surface area contributed by atoms with Crippen LogP contribution in [-0.4, -0.2) is 72.8 Å². The maximum atomic E-state index is 12.5. The Kier molecular flexibility index (Phi) is 5.50. The molecule has 0 aromatic heterocycles. The van der Waals surface area contributed by atoms with Gasteiger partial charge in [-0.05, 0) is 33.6 Å². The molecule has 1 atom stereocenters. The molecular weight excluding hydrogens is 284 g/mol. The smallest absolute Gasteiger partial charge is 0.407 e. The molecule has 0 aromatic rings. The zero-order chi connectivity index (χ0) is 16.2. The Balaban J connectivity index is 1.83. The first-order chi connectivity index (χ1) is 10.3. The fourth-order valence-corrected chi connectivity index (χ4v) is 2.80. The van der Waals surface area contributed by atoms with Gasteiger partial charge in [-0.1, -0.05) is 0 Å². The molecule has 22 heavy (non-hydrogen) atoms. The molecule has 0 unspecified atom stereocenters. The first kappa shape index (κ1) is 16.9. The molecule has 0 aliphatic carbocycles. The number of likely N-dealkylation sites (tertiary alicyclic amines) is 1. The van der Waals surface area contributed by atoms with Crippen molar-refractivity contribution in [3.8, 4) is 0 Å². The molecule has 0 bridgehead atoms. The highest BCUT2D eigenvalue weighted by molar-refractivity contribution is 5.75. The summed E-state index contributed by atoms with van der Waals surface area (Å²) in [5.41, 5.74) is -0.505. The van der Waals surface area contributed by atoms with Crippen LogP contribution in [0, 0.1) is 0 Å². The number of rotatable bonds is 1. The van der Waals surface area contributed by atoms with Gasteiger partial charge in [-0.3, -0.25) is 0 Å². The Labute approximate surface area is 132 Å². The van der Waals surface area contributed by atoms with Gasteiger partial charge in [0.1, 0.15) is 5.60 Å². The molecule has 2 fully saturated rings. The fraction of sp³-hybridized carbons (Fsp3) is 0.867. The minimum atomic E-state index is -0.505. The van der Waals surface area contributed by atoms with Crippen LogP contribution in [0.25, 0.3) is 0 Å². The molecule has 0 aromatic carbocycles. The Hall–Kier alpha value is -1.50. The second-order valence-electron chi connectivity index (χ2n) is 6.95. The molecule has 2 N–H and O–H groups in total. The highest BCUT2D eigenvalue weighted by Gasteiger charge is 2.29. The highest BCUT2D eigenvalue weighted by atomic mass is 16.6. The van der Waals surface area contributed by atoms with Crippen molar-refractivity contribution in [3.05, 3.63) is 0 Å². The monoisotopic (exact) mass is 312 g/mol. The van der Waals surface area contributed by atoms with Crippen LogP contribution in [0.4, 0.5) is 9.59 Å². The van der Waals surface area contributed by atoms with Gasteiger partial charge in [-0.15, -0.1) is 0 Å². The zero-order valence-corrected chi connectivity index (χ0v) is 13.9. The summed E-state index contributed by atoms with van der Waals surface area (Å²) in [4.78, 5) is 28.1. The number of piperazine rings is 1. The number of carbonyl (C=O) groups is 2. The molecule has 7 nitrogen and oxygen atoms in total. The summed E-state index contributed by atoms with van der Waals surface area (Å²) in [7, 11) is 0. The van der Waals surface area contributed by atoms with E-state index in [0.717, 1.165) is 45.6 Å². The predicted molar refractivity (Wildman–Crippen MR) is 83.8 cm³/mol. The van der Waals surface area contributed by atoms with E-state index in [1.54, 1.807) is 0 Å². The van der Waals surface area contributed by atoms with Crippen molar-refractivity contribution in [2.24, 2.45) is 0 Å². The third-order valence-electron chi connectivity index (χ3n) is 3.80. The fourth-order valence-electron chi connectivity index (χ4n) is 2.80. The summed E-state index contributed by atoms with van der Waals surface area (Å²) in [6, 6.07) is 0.0488. The van der Waals surface area contributed by atoms with Gasteiger partial charge < -0.3 is 25.2 Å². The second-order valence-corrected chi connectivity index (χ2v) is 6.95. The number of hydrogen-bond acceptors (Lipinski definition) is 4. The lowest BCUT2D eigenvalue weighted by molar-refractivity contribution is 0.0472. The van der Waals surface area contributed by atoms with Crippen molar-refractivity contribution in [2.45, 2.75) is 45.3 Å². The van der Waals surface area contributed by atoms with E-state index >= 15 is 0 Å². The number of urea groups is 1. The molecule has 0 saturated carbocycles. The molecular formula is C15H28N4O3. The van der Waals surface area contributed by atoms with Gasteiger partial charge >= 0.3 is 12.1 Å². The maximum Gasteiger partial charge on any atom is 0.407 e. The lowest BCUT2D eigenvalue weighted by Crippen LogP contribution is -2.56. The average Bonchev–Trinajstić information content (AvgIpc) is 2.45. The summed E-state index contributed by atoms with van der Waals surface area (Å²) in [5, 5.41) is 6.12. The van der Waals surface area contributed by atoms with Gasteiger partial charge in [0.25, 0.3) is 0 Å². The Morgan fingerprint density at radius 1 is 1.14 bits per heavy atom. The van der Waals surface area contributed by atoms with E-state index in [0.29, 0.717) is 6.54 Å². The summed E-state index contributed by atoms with van der Waals surface area (Å²) >= 11 is 0. The number of nitrogens with one attached hydrogen (secondary N) is 2. The van der Waals surface area contributed by atoms with Crippen LogP contribution >= 0.6 is 0 Å². The van der Waals surface area contributed by atoms with Crippen molar-refractivity contribution in [2.75, 3.05) is 39.3 Å². The maximum absolute atomic E-state index is 12.5. The van der Waals surface area contributed by atoms with Gasteiger partial charge in [0.2, 0.25) is 0 Å². The van der Waals surface area contributed by atoms with Crippen molar-refractivity contribution in [3.63, 3.8) is 0 Å². The Morgan fingerprint density at radius 3 is 2.45 bits per heavy atom. The van der Waals surface area contributed by atoms with Crippen molar-refractivity contribution >= 4 is 12.1 Å². The number of nitrogens with zero attached hydrogens (tertiary/aromatic N) is 2. The predicted octanol–water partition coefficient (Wildman–Crippen LogP) is 1.00. The van der Waals surface area contributed by atoms with Crippen LogP contribution in [0.1, 0.15) is 33.6 Å². The van der Waals surface area contributed by atoms with Crippen LogP contribution in [-0.2, 0) is 4.74 Å². The molecule has 2 aliphatic rings. The second kappa shape index (κ2) is 7.17. The summed E-state index contributed by atoms with van der Waals surface area (Å²) in [6.45, 7) is 10.0. The van der Waals surface area contributed by atoms with Gasteiger partial charge in [0.15, 0.2) is 0 Å². The number of amides is 3. The quantitative estimate of drug-likeness (QED) is 0.757. The van der Waals surface area contributed by atoms with E-state index in [4.69, 9.17) is 4.74 Å². The highest BCUT2D eigenvalue weighted by Crippen LogP contribution is 2.14. The van der Waals surface area contributed by atoms with Crippen molar-refractivity contribution in [1.82, 2.24) is 20.4 Å². The van der Waals surface area contributed by atoms with E-state index in [-0.39, 0.29) is 12.1 Å². The molecule has 2 rings (SSSR count). The van der Waals surface area contributed by atoms with E-state index in [1.807, 2.05) is 30.6 Å². The van der Waals surface area contributed by atoms with Crippen LogP contribution in [0.15, 0.2) is 0 Å². The summed E-state index contributed by atoms with van der Waals surface area (Å²) in [5.74, 6) is 0. The number of carbonyl (C=O) groups excluding carboxylic acids is 2. The van der Waals surface area contributed by atoms with E-state index in [1.165, 1.54) is 0 Å². The summed E-state index contributed by atoms with van der Waals surface area (Å²) < 4.78 is 5.28. The van der Waals surface area contributed by atoms with E-state index in [2.05, 4.69) is 10.6 Å². The first-order valence-corrected chi connectivity index (χ1v) is 8.09. The molecule has 2 heterocycles. The summed E-state index contributed by atoms with van der Waals surface area (Å²) in [6.07, 6.45) is 1.37. The lowest BCUT2D eigenvalue weighted by atomic mass is 10.1. The minimum Gasteiger partial charge on any atom is -0.444 e. The molecule has 126 valence electrons. The van der Waals surface area contributed by atoms with Gasteiger partial charge in [-0.25, -0.2) is 9.59 Å². The van der Waals surface area contributed by atoms with Crippen LogP contribution in [0.2, 0.25) is 0 Å². The Morgan fingerprint density at radius 2 is 1.82 bits per heavy atom. The number of ether oxygens (including phenoxy) is 1. The third kappa shape index (κ3) is 5.05. The minimum absolute atomic E-state index is 0.0320. The normalized spacial score (nSPS) is 23.1. The number of hydrogen-bond donors (Lipinski definition) is 2. The number of alkyl carbamates (subject to hydrolysis) is 1. The molecule has 3 amide bonds. The molecule has 0 radical (unpaired) electrons. The van der Waals surface area contributed by atoms with Crippen LogP contribution in [0.3, 0.4) is 0 Å². The molecule has 0 spiro atoms. The van der Waals surface area contributed by atoms with E-state index in [9.17, 15) is 9.59 Å². The molecule has 7 heteroatoms. The van der Waals surface area contributed by atoms with Crippen LogP contribution in [0.5, 0.6) is 0 Å². The van der Waals surface area contributed by atoms with Crippen molar-refractivity contribution in [1.29, 1.82) is 0 Å². The first-order valence-electron chi connectivity index (χ1n) is 8.09. The lowest BCUT2D eigenvalue weighted by Gasteiger charge is -2.38. The van der Waals surface area contributed by atoms with Crippen molar-refractivity contribution < 1.29 is 14.3 Å². The largest absolute Gasteiger partial charge is 0.444 e. The van der Waals surface area contributed by atoms with Gasteiger partial charge in [0.05, 0.1) is 0 Å². The van der Waals surface area contributed by atoms with E-state index < -0.39 is 11.7 Å². The topological polar surface area (TPSA) is 73.9 Å². The molecule has 2 aliphatic heterocycles. The van der Waals surface area contributed by atoms with Crippen LogP contribution < -0.4 is 10.6 Å². The van der Waals surface area contributed by atoms with Gasteiger partial charge in [-0.2, -0.15) is 0 Å². The number of piperidine rings is 1. The Bertz CT molecular complexity index is 402. The SMILES string of the molecule is CC(C)(C)OC(=O)N[C@H]1CCCN(C(=O)N2CCNCC2)C1. The standard InChI is InChI=1S/C15H28N4O3/c1-15(2,3)22-13(20)17-12-5-4-8-19(11-12)14(21)18-9-6-16-7-10-18/h12,16H,4-11H2,1-3H3,(H,17,20)/t12-/m0/s1. The third-order valence-corrected chi connectivity index (χ3v) is 3.80. The zero-order valence-electron chi connectivity index (χ0n) is 13.9.